The molecule has 0 unspecified atom stereocenters. The standard InChI is InChI=1S/C11H26O2Si2/c1-10(2)12-11(9-14(3,4)5)13-15(6,7)8/h9-10H,1-8H3. The largest absolute Gasteiger partial charge is 0.520 e. The Hall–Kier alpha value is -0.226. The first-order valence-electron chi connectivity index (χ1n) is 5.58. The molecule has 4 heteroatoms. The maximum atomic E-state index is 5.94. The second kappa shape index (κ2) is 5.21. The van der Waals surface area contributed by atoms with Gasteiger partial charge in [0.2, 0.25) is 8.32 Å². The Labute approximate surface area is 96.8 Å². The minimum atomic E-state index is -1.56. The van der Waals surface area contributed by atoms with E-state index in [1.54, 1.807) is 0 Å². The lowest BCUT2D eigenvalue weighted by Gasteiger charge is -2.25. The van der Waals surface area contributed by atoms with Crippen LogP contribution in [0.25, 0.3) is 0 Å². The third kappa shape index (κ3) is 10.1. The summed E-state index contributed by atoms with van der Waals surface area (Å²) in [6.07, 6.45) is 0.184. The second-order valence-electron chi connectivity index (χ2n) is 6.21. The van der Waals surface area contributed by atoms with E-state index >= 15 is 0 Å². The van der Waals surface area contributed by atoms with Gasteiger partial charge in [-0.1, -0.05) is 19.6 Å². The highest BCUT2D eigenvalue weighted by Crippen LogP contribution is 2.16. The number of ether oxygens (including phenoxy) is 1. The van der Waals surface area contributed by atoms with Crippen molar-refractivity contribution in [3.63, 3.8) is 0 Å². The van der Waals surface area contributed by atoms with E-state index in [2.05, 4.69) is 45.0 Å². The Balaban J connectivity index is 4.67. The molecule has 0 atom stereocenters. The molecule has 0 aliphatic rings. The van der Waals surface area contributed by atoms with Crippen molar-refractivity contribution in [3.8, 4) is 0 Å². The summed E-state index contributed by atoms with van der Waals surface area (Å²) in [5.74, 6) is 0.753. The molecule has 15 heavy (non-hydrogen) atoms. The predicted molar refractivity (Wildman–Crippen MR) is 72.1 cm³/mol. The maximum Gasteiger partial charge on any atom is 0.257 e. The van der Waals surface area contributed by atoms with Crippen molar-refractivity contribution in [2.45, 2.75) is 59.2 Å². The van der Waals surface area contributed by atoms with Crippen molar-refractivity contribution in [1.82, 2.24) is 0 Å². The molecular weight excluding hydrogens is 220 g/mol. The molecule has 0 aromatic carbocycles. The van der Waals surface area contributed by atoms with Crippen LogP contribution in [-0.2, 0) is 9.16 Å². The summed E-state index contributed by atoms with van der Waals surface area (Å²) in [4.78, 5) is 0. The molecule has 0 radical (unpaired) electrons. The molecule has 0 spiro atoms. The monoisotopic (exact) mass is 246 g/mol. The van der Waals surface area contributed by atoms with E-state index in [0.29, 0.717) is 0 Å². The molecule has 0 amide bonds. The van der Waals surface area contributed by atoms with E-state index < -0.39 is 16.4 Å². The average Bonchev–Trinajstić information content (AvgIpc) is 1.73. The molecule has 0 aromatic rings. The molecule has 0 aromatic heterocycles. The fraction of sp³-hybridized carbons (Fsp3) is 0.818. The highest BCUT2D eigenvalue weighted by molar-refractivity contribution is 6.81. The van der Waals surface area contributed by atoms with Gasteiger partial charge in [0.15, 0.2) is 0 Å². The molecule has 0 N–H and O–H groups in total. The number of hydrogen-bond acceptors (Lipinski definition) is 2. The van der Waals surface area contributed by atoms with Crippen LogP contribution >= 0.6 is 0 Å². The molecule has 0 heterocycles. The zero-order valence-electron chi connectivity index (χ0n) is 11.5. The molecule has 90 valence electrons. The van der Waals surface area contributed by atoms with Crippen LogP contribution in [0.2, 0.25) is 39.3 Å². The normalized spacial score (nSPS) is 14.3. The summed E-state index contributed by atoms with van der Waals surface area (Å²) in [7, 11) is -2.83. The SMILES string of the molecule is CC(C)OC(=C[Si](C)(C)C)O[Si](C)(C)C. The summed E-state index contributed by atoms with van der Waals surface area (Å²) in [5, 5.41) is 0. The predicted octanol–water partition coefficient (Wildman–Crippen LogP) is 3.98. The first-order valence-corrected chi connectivity index (χ1v) is 12.6. The summed E-state index contributed by atoms with van der Waals surface area (Å²) in [5.41, 5.74) is 2.20. The minimum Gasteiger partial charge on any atom is -0.520 e. The molecule has 2 nitrogen and oxygen atoms in total. The van der Waals surface area contributed by atoms with Crippen LogP contribution in [-0.4, -0.2) is 22.5 Å². The fourth-order valence-electron chi connectivity index (χ4n) is 0.975. The summed E-state index contributed by atoms with van der Waals surface area (Å²) in [6, 6.07) is 0. The third-order valence-electron chi connectivity index (χ3n) is 1.31. The number of rotatable bonds is 5. The van der Waals surface area contributed by atoms with Gasteiger partial charge in [-0.15, -0.1) is 0 Å². The summed E-state index contributed by atoms with van der Waals surface area (Å²) >= 11 is 0. The highest BCUT2D eigenvalue weighted by atomic mass is 28.4. The lowest BCUT2D eigenvalue weighted by molar-refractivity contribution is 0.0608. The zero-order chi connectivity index (χ0) is 12.3. The Bertz CT molecular complexity index is 222. The van der Waals surface area contributed by atoms with Gasteiger partial charge in [0.1, 0.15) is 0 Å². The Morgan fingerprint density at radius 1 is 1.00 bits per heavy atom. The van der Waals surface area contributed by atoms with Crippen LogP contribution in [0, 0.1) is 0 Å². The van der Waals surface area contributed by atoms with Gasteiger partial charge in [0, 0.05) is 0 Å². The van der Waals surface area contributed by atoms with Crippen molar-refractivity contribution in [2.75, 3.05) is 0 Å². The van der Waals surface area contributed by atoms with E-state index in [1.807, 2.05) is 13.8 Å². The van der Waals surface area contributed by atoms with Crippen LogP contribution in [0.3, 0.4) is 0 Å². The molecule has 0 saturated heterocycles. The van der Waals surface area contributed by atoms with Crippen LogP contribution in [0.4, 0.5) is 0 Å². The van der Waals surface area contributed by atoms with Crippen molar-refractivity contribution in [2.24, 2.45) is 0 Å². The van der Waals surface area contributed by atoms with E-state index in [0.717, 1.165) is 5.95 Å². The smallest absolute Gasteiger partial charge is 0.257 e. The van der Waals surface area contributed by atoms with Gasteiger partial charge >= 0.3 is 0 Å². The van der Waals surface area contributed by atoms with E-state index in [4.69, 9.17) is 9.16 Å². The molecule has 0 fully saturated rings. The van der Waals surface area contributed by atoms with Gasteiger partial charge in [-0.3, -0.25) is 0 Å². The van der Waals surface area contributed by atoms with Crippen LogP contribution in [0.15, 0.2) is 11.6 Å². The van der Waals surface area contributed by atoms with E-state index in [-0.39, 0.29) is 6.10 Å². The Kier molecular flexibility index (Phi) is 5.13. The van der Waals surface area contributed by atoms with Crippen LogP contribution in [0.5, 0.6) is 0 Å². The molecular formula is C11H26O2Si2. The zero-order valence-corrected chi connectivity index (χ0v) is 13.5. The van der Waals surface area contributed by atoms with Gasteiger partial charge in [0.05, 0.1) is 14.2 Å². The second-order valence-corrected chi connectivity index (χ2v) is 15.7. The molecule has 0 aliphatic carbocycles. The van der Waals surface area contributed by atoms with Crippen molar-refractivity contribution >= 4 is 16.4 Å². The topological polar surface area (TPSA) is 18.5 Å². The summed E-state index contributed by atoms with van der Waals surface area (Å²) < 4.78 is 11.6. The Morgan fingerprint density at radius 2 is 1.47 bits per heavy atom. The molecule has 0 rings (SSSR count). The first kappa shape index (κ1) is 14.8. The Morgan fingerprint density at radius 3 is 1.73 bits per heavy atom. The first-order chi connectivity index (χ1) is 6.49. The number of hydrogen-bond donors (Lipinski definition) is 0. The lowest BCUT2D eigenvalue weighted by Crippen LogP contribution is -2.28. The van der Waals surface area contributed by atoms with E-state index in [1.165, 1.54) is 0 Å². The third-order valence-corrected chi connectivity index (χ3v) is 3.22. The summed E-state index contributed by atoms with van der Waals surface area (Å²) in [6.45, 7) is 17.4. The van der Waals surface area contributed by atoms with Gasteiger partial charge in [-0.05, 0) is 39.2 Å². The highest BCUT2D eigenvalue weighted by Gasteiger charge is 2.21. The average molecular weight is 246 g/mol. The van der Waals surface area contributed by atoms with Crippen molar-refractivity contribution < 1.29 is 9.16 Å². The van der Waals surface area contributed by atoms with Crippen molar-refractivity contribution in [3.05, 3.63) is 11.6 Å². The van der Waals surface area contributed by atoms with Crippen LogP contribution in [0.1, 0.15) is 13.8 Å². The van der Waals surface area contributed by atoms with Gasteiger partial charge < -0.3 is 9.16 Å². The van der Waals surface area contributed by atoms with Gasteiger partial charge in [-0.25, -0.2) is 0 Å². The minimum absolute atomic E-state index is 0.184. The molecule has 0 aliphatic heterocycles. The van der Waals surface area contributed by atoms with Crippen molar-refractivity contribution in [1.29, 1.82) is 0 Å². The maximum absolute atomic E-state index is 5.94. The lowest BCUT2D eigenvalue weighted by atomic mass is 10.5. The molecule has 0 saturated carbocycles. The van der Waals surface area contributed by atoms with Crippen LogP contribution < -0.4 is 0 Å². The van der Waals surface area contributed by atoms with E-state index in [9.17, 15) is 0 Å². The van der Waals surface area contributed by atoms with Gasteiger partial charge in [-0.2, -0.15) is 0 Å². The molecule has 0 bridgehead atoms. The van der Waals surface area contributed by atoms with Gasteiger partial charge in [0.25, 0.3) is 5.95 Å². The fourth-order valence-corrected chi connectivity index (χ4v) is 2.64. The quantitative estimate of drug-likeness (QED) is 0.539.